The van der Waals surface area contributed by atoms with Gasteiger partial charge in [0.2, 0.25) is 0 Å². The van der Waals surface area contributed by atoms with Gasteiger partial charge >= 0.3 is 0 Å². The average molecular weight is 223 g/mol. The Morgan fingerprint density at radius 2 is 2.12 bits per heavy atom. The lowest BCUT2D eigenvalue weighted by molar-refractivity contribution is -0.132. The van der Waals surface area contributed by atoms with Crippen molar-refractivity contribution in [2.45, 2.75) is 19.1 Å². The first-order valence-electron chi connectivity index (χ1n) is 5.26. The number of ether oxygens (including phenoxy) is 1. The Kier molecular flexibility index (Phi) is 3.08. The molecule has 2 rings (SSSR count). The third kappa shape index (κ3) is 2.15. The van der Waals surface area contributed by atoms with Crippen molar-refractivity contribution in [1.29, 1.82) is 0 Å². The smallest absolute Gasteiger partial charge is 0.257 e. The molecule has 3 nitrogen and oxygen atoms in total. The maximum Gasteiger partial charge on any atom is 0.257 e. The summed E-state index contributed by atoms with van der Waals surface area (Å²) in [7, 11) is 1.60. The zero-order valence-electron chi connectivity index (χ0n) is 9.15. The van der Waals surface area contributed by atoms with Gasteiger partial charge in [-0.05, 0) is 17.7 Å². The van der Waals surface area contributed by atoms with Crippen molar-refractivity contribution in [3.8, 4) is 5.75 Å². The molecular weight excluding hydrogens is 209 g/mol. The second kappa shape index (κ2) is 4.51. The number of halogens is 1. The average Bonchev–Trinajstić information content (AvgIpc) is 2.62. The van der Waals surface area contributed by atoms with Crippen LogP contribution in [0.15, 0.2) is 24.3 Å². The fourth-order valence-corrected chi connectivity index (χ4v) is 1.81. The Morgan fingerprint density at radius 3 is 2.62 bits per heavy atom. The Balaban J connectivity index is 2.01. The molecule has 1 amide bonds. The molecule has 0 aromatic heterocycles. The van der Waals surface area contributed by atoms with Gasteiger partial charge in [0.1, 0.15) is 5.75 Å². The highest BCUT2D eigenvalue weighted by Gasteiger charge is 2.30. The highest BCUT2D eigenvalue weighted by atomic mass is 19.1. The molecule has 0 N–H and O–H groups in total. The normalized spacial score (nSPS) is 20.2. The van der Waals surface area contributed by atoms with Gasteiger partial charge < -0.3 is 9.64 Å². The molecule has 0 bridgehead atoms. The summed E-state index contributed by atoms with van der Waals surface area (Å²) in [5.74, 6) is 0.385. The number of nitrogens with zero attached hydrogens (tertiary/aromatic N) is 1. The Hall–Kier alpha value is -1.58. The fourth-order valence-electron chi connectivity index (χ4n) is 1.81. The van der Waals surface area contributed by atoms with E-state index in [4.69, 9.17) is 4.74 Å². The van der Waals surface area contributed by atoms with Gasteiger partial charge in [0, 0.05) is 19.5 Å². The summed E-state index contributed by atoms with van der Waals surface area (Å²) >= 11 is 0. The van der Waals surface area contributed by atoms with Crippen molar-refractivity contribution in [2.24, 2.45) is 0 Å². The van der Waals surface area contributed by atoms with Crippen LogP contribution in [0.25, 0.3) is 0 Å². The second-order valence-electron chi connectivity index (χ2n) is 3.86. The zero-order valence-corrected chi connectivity index (χ0v) is 9.15. The number of likely N-dealkylation sites (tertiary alicyclic amines) is 1. The maximum absolute atomic E-state index is 13.0. The van der Waals surface area contributed by atoms with E-state index in [1.807, 2.05) is 24.3 Å². The van der Waals surface area contributed by atoms with E-state index < -0.39 is 12.1 Å². The number of methoxy groups -OCH3 is 1. The summed E-state index contributed by atoms with van der Waals surface area (Å²) in [6.45, 7) is 0.981. The second-order valence-corrected chi connectivity index (χ2v) is 3.86. The lowest BCUT2D eigenvalue weighted by Gasteiger charge is -2.15. The van der Waals surface area contributed by atoms with E-state index in [9.17, 15) is 9.18 Å². The largest absolute Gasteiger partial charge is 0.497 e. The van der Waals surface area contributed by atoms with E-state index in [-0.39, 0.29) is 0 Å². The predicted octanol–water partition coefficient (Wildman–Crippen LogP) is 1.77. The van der Waals surface area contributed by atoms with Gasteiger partial charge in [-0.2, -0.15) is 0 Å². The van der Waals surface area contributed by atoms with E-state index in [1.165, 1.54) is 0 Å². The third-order valence-corrected chi connectivity index (χ3v) is 2.76. The maximum atomic E-state index is 13.0. The molecule has 4 heteroatoms. The summed E-state index contributed by atoms with van der Waals surface area (Å²) in [6.07, 6.45) is -0.993. The first-order valence-corrected chi connectivity index (χ1v) is 5.26. The number of alkyl halides is 1. The highest BCUT2D eigenvalue weighted by molar-refractivity contribution is 5.82. The first kappa shape index (κ1) is 10.9. The molecule has 1 aliphatic rings. The summed E-state index contributed by atoms with van der Waals surface area (Å²) in [5, 5.41) is 0. The topological polar surface area (TPSA) is 29.5 Å². The number of amides is 1. The highest BCUT2D eigenvalue weighted by Crippen LogP contribution is 2.18. The molecule has 0 aliphatic carbocycles. The monoisotopic (exact) mass is 223 g/mol. The van der Waals surface area contributed by atoms with Crippen LogP contribution in [0.2, 0.25) is 0 Å². The van der Waals surface area contributed by atoms with Crippen molar-refractivity contribution in [1.82, 2.24) is 4.90 Å². The Labute approximate surface area is 93.8 Å². The minimum Gasteiger partial charge on any atom is -0.497 e. The van der Waals surface area contributed by atoms with Crippen LogP contribution >= 0.6 is 0 Å². The molecule has 1 unspecified atom stereocenters. The number of carbonyl (C=O) groups is 1. The predicted molar refractivity (Wildman–Crippen MR) is 57.9 cm³/mol. The molecule has 16 heavy (non-hydrogen) atoms. The Bertz CT molecular complexity index is 377. The van der Waals surface area contributed by atoms with Crippen molar-refractivity contribution in [2.75, 3.05) is 13.7 Å². The minimum absolute atomic E-state index is 0.314. The third-order valence-electron chi connectivity index (χ3n) is 2.76. The molecule has 1 aromatic carbocycles. The van der Waals surface area contributed by atoms with Crippen LogP contribution in [-0.4, -0.2) is 30.6 Å². The van der Waals surface area contributed by atoms with Gasteiger partial charge in [-0.15, -0.1) is 0 Å². The summed E-state index contributed by atoms with van der Waals surface area (Å²) in [6, 6.07) is 7.45. The SMILES string of the molecule is COc1ccc(CN2CCC(F)C2=O)cc1. The van der Waals surface area contributed by atoms with Gasteiger partial charge in [-0.25, -0.2) is 4.39 Å². The molecule has 1 atom stereocenters. The molecule has 0 radical (unpaired) electrons. The lowest BCUT2D eigenvalue weighted by atomic mass is 10.2. The number of hydrogen-bond acceptors (Lipinski definition) is 2. The van der Waals surface area contributed by atoms with Gasteiger partial charge in [-0.1, -0.05) is 12.1 Å². The van der Waals surface area contributed by atoms with Crippen LogP contribution in [0.3, 0.4) is 0 Å². The number of hydrogen-bond donors (Lipinski definition) is 0. The van der Waals surface area contributed by atoms with E-state index >= 15 is 0 Å². The van der Waals surface area contributed by atoms with E-state index in [0.717, 1.165) is 11.3 Å². The quantitative estimate of drug-likeness (QED) is 0.781. The number of rotatable bonds is 3. The molecule has 1 saturated heterocycles. The van der Waals surface area contributed by atoms with Crippen molar-refractivity contribution in [3.63, 3.8) is 0 Å². The first-order chi connectivity index (χ1) is 7.70. The van der Waals surface area contributed by atoms with Gasteiger partial charge in [0.25, 0.3) is 5.91 Å². The molecular formula is C12H14FNO2. The number of benzene rings is 1. The van der Waals surface area contributed by atoms with Crippen LogP contribution in [0.5, 0.6) is 5.75 Å². The molecule has 86 valence electrons. The molecule has 1 heterocycles. The van der Waals surface area contributed by atoms with Crippen molar-refractivity contribution in [3.05, 3.63) is 29.8 Å². The van der Waals surface area contributed by atoms with E-state index in [0.29, 0.717) is 19.5 Å². The Morgan fingerprint density at radius 1 is 1.44 bits per heavy atom. The molecule has 0 saturated carbocycles. The van der Waals surface area contributed by atoms with Crippen LogP contribution in [-0.2, 0) is 11.3 Å². The summed E-state index contributed by atoms with van der Waals surface area (Å²) in [5.41, 5.74) is 0.989. The van der Waals surface area contributed by atoms with E-state index in [1.54, 1.807) is 12.0 Å². The van der Waals surface area contributed by atoms with Crippen LogP contribution in [0, 0.1) is 0 Å². The fraction of sp³-hybridized carbons (Fsp3) is 0.417. The summed E-state index contributed by atoms with van der Waals surface area (Å²) in [4.78, 5) is 12.9. The van der Waals surface area contributed by atoms with E-state index in [2.05, 4.69) is 0 Å². The molecule has 1 aliphatic heterocycles. The molecule has 0 spiro atoms. The van der Waals surface area contributed by atoms with Crippen LogP contribution in [0.4, 0.5) is 4.39 Å². The van der Waals surface area contributed by atoms with Crippen LogP contribution in [0.1, 0.15) is 12.0 Å². The lowest BCUT2D eigenvalue weighted by Crippen LogP contribution is -2.27. The molecule has 1 aromatic rings. The van der Waals surface area contributed by atoms with Crippen molar-refractivity contribution < 1.29 is 13.9 Å². The van der Waals surface area contributed by atoms with Crippen molar-refractivity contribution >= 4 is 5.91 Å². The molecule has 1 fully saturated rings. The number of carbonyl (C=O) groups excluding carboxylic acids is 1. The zero-order chi connectivity index (χ0) is 11.5. The van der Waals surface area contributed by atoms with Crippen LogP contribution < -0.4 is 4.74 Å². The minimum atomic E-state index is -1.31. The van der Waals surface area contributed by atoms with Gasteiger partial charge in [0.15, 0.2) is 6.17 Å². The van der Waals surface area contributed by atoms with Gasteiger partial charge in [-0.3, -0.25) is 4.79 Å². The summed E-state index contributed by atoms with van der Waals surface area (Å²) < 4.78 is 18.0. The van der Waals surface area contributed by atoms with Gasteiger partial charge in [0.05, 0.1) is 7.11 Å². The standard InChI is InChI=1S/C12H14FNO2/c1-16-10-4-2-9(3-5-10)8-14-7-6-11(13)12(14)15/h2-5,11H,6-8H2,1H3.